The summed E-state index contributed by atoms with van der Waals surface area (Å²) >= 11 is 0. The number of aliphatic hydroxyl groups excluding tert-OH is 1. The highest BCUT2D eigenvalue weighted by molar-refractivity contribution is 5.97. The van der Waals surface area contributed by atoms with E-state index in [1.54, 1.807) is 12.1 Å². The number of hydrogen-bond donors (Lipinski definition) is 4. The van der Waals surface area contributed by atoms with Crippen molar-refractivity contribution in [1.82, 2.24) is 20.9 Å². The van der Waals surface area contributed by atoms with Crippen LogP contribution in [0.2, 0.25) is 0 Å². The van der Waals surface area contributed by atoms with Crippen LogP contribution in [0.3, 0.4) is 0 Å². The molecule has 1 fully saturated rings. The number of aromatic nitrogens is 1. The number of piperidine rings is 1. The highest BCUT2D eigenvalue weighted by Crippen LogP contribution is 2.20. The number of amides is 2. The number of pyridine rings is 1. The van der Waals surface area contributed by atoms with Gasteiger partial charge in [-0.25, -0.2) is 0 Å². The van der Waals surface area contributed by atoms with E-state index in [1.807, 2.05) is 20.8 Å². The average molecular weight is 402 g/mol. The molecule has 1 aliphatic heterocycles. The van der Waals surface area contributed by atoms with Gasteiger partial charge in [-0.1, -0.05) is 13.8 Å². The van der Waals surface area contributed by atoms with Crippen molar-refractivity contribution < 1.29 is 14.7 Å². The summed E-state index contributed by atoms with van der Waals surface area (Å²) in [7, 11) is 0. The van der Waals surface area contributed by atoms with Crippen molar-refractivity contribution in [3.05, 3.63) is 29.6 Å². The van der Waals surface area contributed by atoms with Crippen LogP contribution in [0.4, 0.5) is 0 Å². The molecule has 4 N–H and O–H groups in total. The summed E-state index contributed by atoms with van der Waals surface area (Å²) in [5.74, 6) is -0.687. The van der Waals surface area contributed by atoms with E-state index in [-0.39, 0.29) is 17.7 Å². The Kier molecular flexibility index (Phi) is 8.55. The second-order valence-corrected chi connectivity index (χ2v) is 8.07. The van der Waals surface area contributed by atoms with Gasteiger partial charge >= 0.3 is 0 Å². The van der Waals surface area contributed by atoms with E-state index in [9.17, 15) is 20.0 Å². The molecule has 158 valence electrons. The van der Waals surface area contributed by atoms with Gasteiger partial charge in [-0.2, -0.15) is 5.26 Å². The molecule has 1 unspecified atom stereocenters. The van der Waals surface area contributed by atoms with Gasteiger partial charge in [-0.3, -0.25) is 19.9 Å². The first-order valence-corrected chi connectivity index (χ1v) is 10.1. The highest BCUT2D eigenvalue weighted by atomic mass is 16.3. The molecule has 1 aromatic rings. The summed E-state index contributed by atoms with van der Waals surface area (Å²) in [4.78, 5) is 29.5. The molecule has 0 spiro atoms. The van der Waals surface area contributed by atoms with Crippen LogP contribution in [0, 0.1) is 30.1 Å². The van der Waals surface area contributed by atoms with Crippen LogP contribution >= 0.6 is 0 Å². The fraction of sp³-hybridized carbons (Fsp3) is 0.619. The Bertz CT molecular complexity index is 729. The molecule has 1 aromatic heterocycles. The van der Waals surface area contributed by atoms with Crippen molar-refractivity contribution in [1.29, 1.82) is 5.26 Å². The molecular formula is C21H31N5O3. The molecule has 4 atom stereocenters. The van der Waals surface area contributed by atoms with E-state index in [1.165, 1.54) is 6.20 Å². The van der Waals surface area contributed by atoms with E-state index in [0.717, 1.165) is 25.1 Å². The Morgan fingerprint density at radius 1 is 1.38 bits per heavy atom. The van der Waals surface area contributed by atoms with Crippen molar-refractivity contribution in [2.45, 2.75) is 64.8 Å². The van der Waals surface area contributed by atoms with Gasteiger partial charge in [0.2, 0.25) is 5.91 Å². The summed E-state index contributed by atoms with van der Waals surface area (Å²) in [6, 6.07) is 4.03. The number of carbonyl (C=O) groups excluding carboxylic acids is 2. The molecule has 1 saturated heterocycles. The highest BCUT2D eigenvalue weighted by Gasteiger charge is 2.29. The van der Waals surface area contributed by atoms with E-state index in [0.29, 0.717) is 18.4 Å². The summed E-state index contributed by atoms with van der Waals surface area (Å²) in [5.41, 5.74) is 1.18. The summed E-state index contributed by atoms with van der Waals surface area (Å²) in [5, 5.41) is 28.0. The Labute approximate surface area is 172 Å². The van der Waals surface area contributed by atoms with Crippen LogP contribution in [-0.4, -0.2) is 46.8 Å². The molecule has 0 aliphatic carbocycles. The minimum Gasteiger partial charge on any atom is -0.378 e. The summed E-state index contributed by atoms with van der Waals surface area (Å²) in [6.45, 7) is 6.51. The van der Waals surface area contributed by atoms with Crippen LogP contribution in [0.15, 0.2) is 18.3 Å². The van der Waals surface area contributed by atoms with Crippen LogP contribution in [0.25, 0.3) is 0 Å². The molecule has 2 heterocycles. The van der Waals surface area contributed by atoms with Gasteiger partial charge in [0, 0.05) is 17.8 Å². The van der Waals surface area contributed by atoms with Gasteiger partial charge in [0.05, 0.1) is 11.6 Å². The van der Waals surface area contributed by atoms with Gasteiger partial charge < -0.3 is 15.7 Å². The van der Waals surface area contributed by atoms with Crippen LogP contribution < -0.4 is 16.0 Å². The molecular weight excluding hydrogens is 370 g/mol. The molecule has 0 aromatic carbocycles. The Morgan fingerprint density at radius 3 is 2.72 bits per heavy atom. The number of hydrogen-bond acceptors (Lipinski definition) is 6. The number of carbonyl (C=O) groups is 2. The molecule has 2 amide bonds. The number of aryl methyl sites for hydroxylation is 1. The van der Waals surface area contributed by atoms with Crippen molar-refractivity contribution in [3.8, 4) is 6.07 Å². The lowest BCUT2D eigenvalue weighted by Gasteiger charge is -2.30. The Morgan fingerprint density at radius 2 is 2.14 bits per heavy atom. The maximum atomic E-state index is 12.8. The number of aliphatic hydroxyl groups is 1. The van der Waals surface area contributed by atoms with E-state index in [4.69, 9.17) is 0 Å². The van der Waals surface area contributed by atoms with Gasteiger partial charge in [-0.15, -0.1) is 0 Å². The summed E-state index contributed by atoms with van der Waals surface area (Å²) in [6.07, 6.45) is 3.34. The predicted octanol–water partition coefficient (Wildman–Crippen LogP) is 1.25. The van der Waals surface area contributed by atoms with Gasteiger partial charge in [0.15, 0.2) is 0 Å². The van der Waals surface area contributed by atoms with Gasteiger partial charge in [-0.05, 0) is 57.2 Å². The zero-order valence-electron chi connectivity index (χ0n) is 17.3. The number of nitrogens with one attached hydrogen (secondary N) is 3. The maximum absolute atomic E-state index is 12.8. The van der Waals surface area contributed by atoms with Gasteiger partial charge in [0.1, 0.15) is 18.3 Å². The number of rotatable bonds is 8. The second kappa shape index (κ2) is 10.9. The van der Waals surface area contributed by atoms with E-state index < -0.39 is 24.2 Å². The third-order valence-corrected chi connectivity index (χ3v) is 5.06. The molecule has 1 aliphatic rings. The van der Waals surface area contributed by atoms with Crippen LogP contribution in [0.5, 0.6) is 0 Å². The second-order valence-electron chi connectivity index (χ2n) is 8.07. The van der Waals surface area contributed by atoms with E-state index >= 15 is 0 Å². The fourth-order valence-corrected chi connectivity index (χ4v) is 3.45. The zero-order valence-corrected chi connectivity index (χ0v) is 17.3. The van der Waals surface area contributed by atoms with Crippen molar-refractivity contribution in [2.24, 2.45) is 11.8 Å². The average Bonchev–Trinajstić information content (AvgIpc) is 2.68. The minimum atomic E-state index is -0.756. The van der Waals surface area contributed by atoms with Gasteiger partial charge in [0.25, 0.3) is 5.91 Å². The molecule has 0 saturated carbocycles. The monoisotopic (exact) mass is 401 g/mol. The lowest BCUT2D eigenvalue weighted by atomic mass is 9.91. The fourth-order valence-electron chi connectivity index (χ4n) is 3.45. The van der Waals surface area contributed by atoms with E-state index in [2.05, 4.69) is 27.0 Å². The van der Waals surface area contributed by atoms with Crippen molar-refractivity contribution >= 4 is 11.8 Å². The third-order valence-electron chi connectivity index (χ3n) is 5.06. The molecule has 29 heavy (non-hydrogen) atoms. The molecule has 0 bridgehead atoms. The number of nitriles is 1. The normalized spacial score (nSPS) is 21.1. The minimum absolute atomic E-state index is 0.0922. The predicted molar refractivity (Wildman–Crippen MR) is 109 cm³/mol. The topological polar surface area (TPSA) is 127 Å². The largest absolute Gasteiger partial charge is 0.378 e. The number of nitrogens with zero attached hydrogens (tertiary/aromatic N) is 2. The lowest BCUT2D eigenvalue weighted by Crippen LogP contribution is -2.51. The third kappa shape index (κ3) is 7.11. The zero-order chi connectivity index (χ0) is 21.4. The first kappa shape index (κ1) is 22.8. The first-order valence-electron chi connectivity index (χ1n) is 10.1. The Balaban J connectivity index is 2.01. The quantitative estimate of drug-likeness (QED) is 0.519. The first-order chi connectivity index (χ1) is 13.8. The lowest BCUT2D eigenvalue weighted by molar-refractivity contribution is -0.124. The van der Waals surface area contributed by atoms with Crippen molar-refractivity contribution in [3.63, 3.8) is 0 Å². The summed E-state index contributed by atoms with van der Waals surface area (Å²) < 4.78 is 0. The maximum Gasteiger partial charge on any atom is 0.253 e. The Hall–Kier alpha value is -2.50. The van der Waals surface area contributed by atoms with Crippen LogP contribution in [0.1, 0.15) is 55.6 Å². The molecule has 0 radical (unpaired) electrons. The SMILES string of the molecule is Cc1ccc(C(=O)N[C@@H](CC(C)C)C(=O)N[C@H](C#N)C[C@@H]2CCCNC2O)cn1. The standard InChI is InChI=1S/C21H31N5O3/c1-13(2)9-18(26-20(28)16-7-6-14(3)24-12-16)21(29)25-17(11-22)10-15-5-4-8-23-19(15)27/h6-7,12-13,15,17-19,23,27H,4-5,8-10H2,1-3H3,(H,25,29)(H,26,28)/t15-,17-,18-,19?/m0/s1. The molecule has 2 rings (SSSR count). The van der Waals surface area contributed by atoms with Crippen LogP contribution in [-0.2, 0) is 4.79 Å². The van der Waals surface area contributed by atoms with Crippen molar-refractivity contribution in [2.75, 3.05) is 6.54 Å². The molecule has 8 nitrogen and oxygen atoms in total. The molecule has 8 heteroatoms. The smallest absolute Gasteiger partial charge is 0.253 e.